The number of nitrogens with zero attached hydrogens (tertiary/aromatic N) is 4. The van der Waals surface area contributed by atoms with Crippen molar-refractivity contribution in [1.82, 2.24) is 19.9 Å². The number of rotatable bonds is 6. The summed E-state index contributed by atoms with van der Waals surface area (Å²) in [6.07, 6.45) is 8.95. The summed E-state index contributed by atoms with van der Waals surface area (Å²) in [5, 5.41) is 3.54. The van der Waals surface area contributed by atoms with Crippen LogP contribution in [-0.4, -0.2) is 40.5 Å². The molecular weight excluding hydrogens is 474 g/mol. The van der Waals surface area contributed by atoms with Gasteiger partial charge >= 0.3 is 0 Å². The molecule has 178 valence electrons. The highest BCUT2D eigenvalue weighted by Gasteiger charge is 2.12. The summed E-state index contributed by atoms with van der Waals surface area (Å²) in [6.45, 7) is 0. The minimum atomic E-state index is -3.43. The highest BCUT2D eigenvalue weighted by Crippen LogP contribution is 2.26. The molecule has 9 heteroatoms. The fraction of sp³-hybridized carbons (Fsp3) is 0.0741. The van der Waals surface area contributed by atoms with Gasteiger partial charge in [0.15, 0.2) is 9.84 Å². The largest absolute Gasteiger partial charge is 0.324 e. The van der Waals surface area contributed by atoms with E-state index in [1.54, 1.807) is 24.7 Å². The molecule has 0 aliphatic heterocycles. The molecule has 36 heavy (non-hydrogen) atoms. The van der Waals surface area contributed by atoms with Gasteiger partial charge in [0.1, 0.15) is 0 Å². The summed E-state index contributed by atoms with van der Waals surface area (Å²) in [4.78, 5) is 29.8. The number of pyridine rings is 4. The number of carbonyl (C=O) groups excluding carboxylic acids is 1. The molecule has 0 radical (unpaired) electrons. The molecule has 1 aromatic carbocycles. The number of aromatic nitrogens is 4. The van der Waals surface area contributed by atoms with E-state index < -0.39 is 9.84 Å². The van der Waals surface area contributed by atoms with E-state index in [4.69, 9.17) is 4.98 Å². The topological polar surface area (TPSA) is 115 Å². The zero-order chi connectivity index (χ0) is 25.1. The van der Waals surface area contributed by atoms with Crippen molar-refractivity contribution in [2.75, 3.05) is 11.6 Å². The number of nitrogens with one attached hydrogen (secondary N) is 1. The Morgan fingerprint density at radius 2 is 1.67 bits per heavy atom. The van der Waals surface area contributed by atoms with Crippen molar-refractivity contribution in [2.24, 2.45) is 0 Å². The zero-order valence-corrected chi connectivity index (χ0v) is 20.1. The molecule has 0 unspecified atom stereocenters. The third-order valence-corrected chi connectivity index (χ3v) is 6.65. The summed E-state index contributed by atoms with van der Waals surface area (Å²) in [5.41, 5.74) is 5.49. The predicted octanol–water partition coefficient (Wildman–Crippen LogP) is 4.34. The quantitative estimate of drug-likeness (QED) is 0.373. The van der Waals surface area contributed by atoms with Gasteiger partial charge in [-0.05, 0) is 53.6 Å². The highest BCUT2D eigenvalue weighted by molar-refractivity contribution is 7.90. The molecule has 1 N–H and O–H groups in total. The smallest absolute Gasteiger partial charge is 0.230 e. The van der Waals surface area contributed by atoms with Crippen molar-refractivity contribution < 1.29 is 13.2 Å². The lowest BCUT2D eigenvalue weighted by Gasteiger charge is -2.08. The van der Waals surface area contributed by atoms with E-state index >= 15 is 0 Å². The number of anilines is 1. The lowest BCUT2D eigenvalue weighted by Crippen LogP contribution is -2.15. The number of carbonyl (C=O) groups is 1. The minimum Gasteiger partial charge on any atom is -0.324 e. The fourth-order valence-electron chi connectivity index (χ4n) is 3.78. The molecule has 4 aromatic heterocycles. The second kappa shape index (κ2) is 9.63. The van der Waals surface area contributed by atoms with Crippen molar-refractivity contribution in [1.29, 1.82) is 0 Å². The first-order valence-corrected chi connectivity index (χ1v) is 13.0. The van der Waals surface area contributed by atoms with Crippen molar-refractivity contribution in [2.45, 2.75) is 11.3 Å². The summed E-state index contributed by atoms with van der Waals surface area (Å²) in [7, 11) is -3.43. The Bertz CT molecular complexity index is 1690. The third kappa shape index (κ3) is 5.26. The minimum absolute atomic E-state index is 0.00246. The first-order chi connectivity index (χ1) is 17.3. The first kappa shape index (κ1) is 23.3. The molecule has 1 amide bonds. The van der Waals surface area contributed by atoms with Gasteiger partial charge in [0.2, 0.25) is 5.91 Å². The van der Waals surface area contributed by atoms with Crippen LogP contribution in [0.15, 0.2) is 96.5 Å². The Kier molecular flexibility index (Phi) is 6.22. The van der Waals surface area contributed by atoms with Crippen LogP contribution in [0, 0.1) is 0 Å². The van der Waals surface area contributed by atoms with Crippen LogP contribution in [0.4, 0.5) is 5.69 Å². The average molecular weight is 496 g/mol. The van der Waals surface area contributed by atoms with Crippen LogP contribution in [0.3, 0.4) is 0 Å². The predicted molar refractivity (Wildman–Crippen MR) is 138 cm³/mol. The second-order valence-corrected chi connectivity index (χ2v) is 10.3. The van der Waals surface area contributed by atoms with Crippen LogP contribution in [0.1, 0.15) is 5.69 Å². The summed E-state index contributed by atoms with van der Waals surface area (Å²) >= 11 is 0. The van der Waals surface area contributed by atoms with E-state index in [1.165, 1.54) is 18.5 Å². The number of benzene rings is 1. The SMILES string of the molecule is CS(=O)(=O)c1cncc(NC(=O)Cc2cc3nc(-c4cccc(-c5ccncc5)c4)ccc3cn2)c1. The maximum atomic E-state index is 12.6. The Labute approximate surface area is 208 Å². The molecule has 5 rings (SSSR count). The number of hydrogen-bond donors (Lipinski definition) is 1. The van der Waals surface area contributed by atoms with Gasteiger partial charge in [-0.25, -0.2) is 13.4 Å². The lowest BCUT2D eigenvalue weighted by molar-refractivity contribution is -0.115. The van der Waals surface area contributed by atoms with Crippen molar-refractivity contribution >= 4 is 32.3 Å². The van der Waals surface area contributed by atoms with Crippen molar-refractivity contribution in [3.8, 4) is 22.4 Å². The molecular formula is C27H21N5O3S. The van der Waals surface area contributed by atoms with E-state index in [-0.39, 0.29) is 17.2 Å². The number of fused-ring (bicyclic) bond motifs is 1. The van der Waals surface area contributed by atoms with Gasteiger partial charge in [0.25, 0.3) is 0 Å². The summed E-state index contributed by atoms with van der Waals surface area (Å²) in [5.74, 6) is -0.337. The Morgan fingerprint density at radius 3 is 2.47 bits per heavy atom. The first-order valence-electron chi connectivity index (χ1n) is 11.1. The van der Waals surface area contributed by atoms with E-state index in [1.807, 2.05) is 42.5 Å². The summed E-state index contributed by atoms with van der Waals surface area (Å²) in [6, 6.07) is 19.1. The lowest BCUT2D eigenvalue weighted by atomic mass is 10.0. The fourth-order valence-corrected chi connectivity index (χ4v) is 4.37. The molecule has 0 aliphatic carbocycles. The standard InChI is InChI=1S/C27H21N5O3S/c1-36(34,35)24-12-23(16-29-17-24)31-27(33)14-22-13-26-21(15-30-22)5-6-25(32-26)20-4-2-3-19(11-20)18-7-9-28-10-8-18/h2-13,15-17H,14H2,1H3,(H,31,33). The second-order valence-electron chi connectivity index (χ2n) is 8.29. The molecule has 0 saturated carbocycles. The van der Waals surface area contributed by atoms with Crippen LogP contribution >= 0.6 is 0 Å². The average Bonchev–Trinajstić information content (AvgIpc) is 2.88. The zero-order valence-electron chi connectivity index (χ0n) is 19.3. The van der Waals surface area contributed by atoms with Crippen LogP contribution in [0.25, 0.3) is 33.3 Å². The number of sulfone groups is 1. The number of hydrogen-bond acceptors (Lipinski definition) is 7. The Morgan fingerprint density at radius 1 is 0.861 bits per heavy atom. The van der Waals surface area contributed by atoms with Crippen LogP contribution < -0.4 is 5.32 Å². The molecule has 0 bridgehead atoms. The van der Waals surface area contributed by atoms with Gasteiger partial charge in [-0.1, -0.05) is 18.2 Å². The molecule has 4 heterocycles. The molecule has 0 aliphatic rings. The van der Waals surface area contributed by atoms with Crippen LogP contribution in [0.5, 0.6) is 0 Å². The number of amides is 1. The molecule has 0 atom stereocenters. The van der Waals surface area contributed by atoms with Crippen molar-refractivity contribution in [3.63, 3.8) is 0 Å². The Hall–Kier alpha value is -4.50. The molecule has 0 fully saturated rings. The third-order valence-electron chi connectivity index (χ3n) is 5.57. The van der Waals surface area contributed by atoms with Gasteiger partial charge in [0, 0.05) is 42.0 Å². The molecule has 5 aromatic rings. The maximum Gasteiger partial charge on any atom is 0.230 e. The van der Waals surface area contributed by atoms with E-state index in [9.17, 15) is 13.2 Å². The molecule has 0 spiro atoms. The highest BCUT2D eigenvalue weighted by atomic mass is 32.2. The van der Waals surface area contributed by atoms with Gasteiger partial charge in [0.05, 0.1) is 40.1 Å². The van der Waals surface area contributed by atoms with Gasteiger partial charge < -0.3 is 5.32 Å². The van der Waals surface area contributed by atoms with Crippen LogP contribution in [0.2, 0.25) is 0 Å². The Balaban J connectivity index is 1.37. The summed E-state index contributed by atoms with van der Waals surface area (Å²) < 4.78 is 23.5. The van der Waals surface area contributed by atoms with Gasteiger partial charge in [-0.15, -0.1) is 0 Å². The van der Waals surface area contributed by atoms with Gasteiger partial charge in [-0.3, -0.25) is 19.7 Å². The van der Waals surface area contributed by atoms with E-state index in [0.717, 1.165) is 39.5 Å². The molecule has 0 saturated heterocycles. The van der Waals surface area contributed by atoms with E-state index in [0.29, 0.717) is 11.4 Å². The van der Waals surface area contributed by atoms with Crippen molar-refractivity contribution in [3.05, 3.63) is 97.3 Å². The van der Waals surface area contributed by atoms with E-state index in [2.05, 4.69) is 26.3 Å². The normalized spacial score (nSPS) is 11.4. The van der Waals surface area contributed by atoms with Crippen LogP contribution in [-0.2, 0) is 21.1 Å². The molecule has 8 nitrogen and oxygen atoms in total. The maximum absolute atomic E-state index is 12.6. The monoisotopic (exact) mass is 495 g/mol. The van der Waals surface area contributed by atoms with Gasteiger partial charge in [-0.2, -0.15) is 0 Å².